The minimum absolute atomic E-state index is 0.0616. The fourth-order valence-electron chi connectivity index (χ4n) is 2.92. The number of carbonyl (C=O) groups is 2. The third-order valence-electron chi connectivity index (χ3n) is 4.59. The molecule has 0 radical (unpaired) electrons. The van der Waals surface area contributed by atoms with E-state index in [0.717, 1.165) is 28.3 Å². The van der Waals surface area contributed by atoms with Crippen LogP contribution in [0.3, 0.4) is 0 Å². The average molecular weight is 491 g/mol. The molecular formula is C24H24F3N3O5. The minimum Gasteiger partial charge on any atom is -0.481 e. The van der Waals surface area contributed by atoms with Crippen molar-refractivity contribution in [3.05, 3.63) is 89.4 Å². The monoisotopic (exact) mass is 491 g/mol. The highest BCUT2D eigenvalue weighted by Gasteiger charge is 2.38. The summed E-state index contributed by atoms with van der Waals surface area (Å²) in [5.41, 5.74) is 3.64. The summed E-state index contributed by atoms with van der Waals surface area (Å²) in [4.78, 5) is 28.5. The van der Waals surface area contributed by atoms with Gasteiger partial charge in [0.25, 0.3) is 0 Å². The number of pyridine rings is 2. The van der Waals surface area contributed by atoms with Crippen LogP contribution in [0.2, 0.25) is 0 Å². The first-order valence-corrected chi connectivity index (χ1v) is 10.3. The van der Waals surface area contributed by atoms with Gasteiger partial charge < -0.3 is 20.3 Å². The van der Waals surface area contributed by atoms with E-state index < -0.39 is 18.1 Å². The molecule has 0 spiro atoms. The number of halogens is 3. The number of carboxylic acid groups (broad SMARTS) is 2. The molecule has 0 saturated heterocycles. The Morgan fingerprint density at radius 3 is 2.26 bits per heavy atom. The van der Waals surface area contributed by atoms with Crippen LogP contribution in [0.15, 0.2) is 66.9 Å². The molecule has 3 N–H and O–H groups in total. The first kappa shape index (κ1) is 27.3. The fraction of sp³-hybridized carbons (Fsp3) is 0.250. The molecule has 0 fully saturated rings. The molecule has 0 amide bonds. The Hall–Kier alpha value is -3.99. The van der Waals surface area contributed by atoms with Crippen LogP contribution >= 0.6 is 0 Å². The van der Waals surface area contributed by atoms with E-state index in [4.69, 9.17) is 19.7 Å². The molecule has 11 heteroatoms. The van der Waals surface area contributed by atoms with E-state index in [2.05, 4.69) is 15.3 Å². The summed E-state index contributed by atoms with van der Waals surface area (Å²) in [6.07, 6.45) is -3.17. The van der Waals surface area contributed by atoms with Crippen LogP contribution in [0.4, 0.5) is 19.0 Å². The molecule has 0 saturated carbocycles. The number of hydrogen-bond acceptors (Lipinski definition) is 6. The highest BCUT2D eigenvalue weighted by Crippen LogP contribution is 2.25. The summed E-state index contributed by atoms with van der Waals surface area (Å²) < 4.78 is 37.4. The molecule has 186 valence electrons. The largest absolute Gasteiger partial charge is 0.490 e. The van der Waals surface area contributed by atoms with Crippen molar-refractivity contribution in [2.24, 2.45) is 0 Å². The molecule has 2 aromatic heterocycles. The number of aliphatic carboxylic acids is 2. The molecule has 3 aromatic rings. The molecule has 8 nitrogen and oxygen atoms in total. The van der Waals surface area contributed by atoms with Crippen molar-refractivity contribution in [2.45, 2.75) is 31.7 Å². The van der Waals surface area contributed by atoms with Crippen molar-refractivity contribution >= 4 is 17.8 Å². The van der Waals surface area contributed by atoms with Gasteiger partial charge in [0.1, 0.15) is 11.9 Å². The van der Waals surface area contributed by atoms with E-state index in [0.29, 0.717) is 13.0 Å². The van der Waals surface area contributed by atoms with Crippen LogP contribution in [-0.2, 0) is 27.3 Å². The summed E-state index contributed by atoms with van der Waals surface area (Å²) in [7, 11) is 1.65. The Balaban J connectivity index is 0.000000540. The number of rotatable bonds is 9. The molecule has 3 rings (SSSR count). The fourth-order valence-corrected chi connectivity index (χ4v) is 2.92. The van der Waals surface area contributed by atoms with Crippen LogP contribution < -0.4 is 5.32 Å². The van der Waals surface area contributed by atoms with Crippen molar-refractivity contribution in [3.8, 4) is 0 Å². The SMILES string of the molecule is COC(c1ccc(CNc2ccccn2)cc1)c1cccc(CCC(=O)O)n1.O=C(O)C(F)(F)F. The maximum absolute atomic E-state index is 10.8. The third kappa shape index (κ3) is 9.41. The molecule has 2 heterocycles. The predicted octanol–water partition coefficient (Wildman–Crippen LogP) is 4.48. The highest BCUT2D eigenvalue weighted by molar-refractivity contribution is 5.73. The first-order chi connectivity index (χ1) is 16.6. The number of ether oxygens (including phenoxy) is 1. The zero-order valence-corrected chi connectivity index (χ0v) is 18.7. The molecule has 0 aliphatic heterocycles. The van der Waals surface area contributed by atoms with E-state index in [-0.39, 0.29) is 12.5 Å². The zero-order chi connectivity index (χ0) is 25.8. The van der Waals surface area contributed by atoms with Gasteiger partial charge in [-0.15, -0.1) is 0 Å². The van der Waals surface area contributed by atoms with Crippen molar-refractivity contribution in [1.82, 2.24) is 9.97 Å². The summed E-state index contributed by atoms with van der Waals surface area (Å²) in [5, 5.41) is 19.3. The van der Waals surface area contributed by atoms with Crippen LogP contribution in [0.5, 0.6) is 0 Å². The smallest absolute Gasteiger partial charge is 0.481 e. The Labute approximate surface area is 199 Å². The number of hydrogen-bond donors (Lipinski definition) is 3. The molecule has 1 atom stereocenters. The van der Waals surface area contributed by atoms with E-state index >= 15 is 0 Å². The molecular weight excluding hydrogens is 467 g/mol. The van der Waals surface area contributed by atoms with Gasteiger partial charge in [0.05, 0.1) is 12.1 Å². The lowest BCUT2D eigenvalue weighted by Crippen LogP contribution is -2.21. The Morgan fingerprint density at radius 1 is 1.03 bits per heavy atom. The number of aromatic nitrogens is 2. The van der Waals surface area contributed by atoms with Gasteiger partial charge in [-0.1, -0.05) is 36.4 Å². The van der Waals surface area contributed by atoms with Gasteiger partial charge in [-0.2, -0.15) is 13.2 Å². The maximum Gasteiger partial charge on any atom is 0.490 e. The van der Waals surface area contributed by atoms with E-state index in [9.17, 15) is 18.0 Å². The topological polar surface area (TPSA) is 122 Å². The lowest BCUT2D eigenvalue weighted by molar-refractivity contribution is -0.192. The van der Waals surface area contributed by atoms with Gasteiger partial charge in [0.2, 0.25) is 0 Å². The normalized spacial score (nSPS) is 11.7. The highest BCUT2D eigenvalue weighted by atomic mass is 19.4. The number of aryl methyl sites for hydroxylation is 1. The number of carboxylic acids is 2. The van der Waals surface area contributed by atoms with Gasteiger partial charge >= 0.3 is 18.1 Å². The molecule has 35 heavy (non-hydrogen) atoms. The average Bonchev–Trinajstić information content (AvgIpc) is 2.83. The second-order valence-corrected chi connectivity index (χ2v) is 7.18. The lowest BCUT2D eigenvalue weighted by Gasteiger charge is -2.17. The Kier molecular flexibility index (Phi) is 10.2. The van der Waals surface area contributed by atoms with Gasteiger partial charge in [0.15, 0.2) is 0 Å². The van der Waals surface area contributed by atoms with E-state index in [1.54, 1.807) is 13.3 Å². The van der Waals surface area contributed by atoms with Crippen molar-refractivity contribution in [2.75, 3.05) is 12.4 Å². The van der Waals surface area contributed by atoms with Crippen LogP contribution in [0.1, 0.15) is 35.0 Å². The van der Waals surface area contributed by atoms with Crippen LogP contribution in [0, 0.1) is 0 Å². The standard InChI is InChI=1S/C22H23N3O3.C2HF3O2/c1-28-22(19-6-4-5-18(25-19)12-13-21(26)27)17-10-8-16(9-11-17)15-24-20-7-2-3-14-23-20;3-2(4,5)1(6)7/h2-11,14,22H,12-13,15H2,1H3,(H,23,24)(H,26,27);(H,6,7). The van der Waals surface area contributed by atoms with Crippen molar-refractivity contribution in [3.63, 3.8) is 0 Å². The summed E-state index contributed by atoms with van der Waals surface area (Å²) in [6, 6.07) is 19.5. The summed E-state index contributed by atoms with van der Waals surface area (Å²) in [6.45, 7) is 0.678. The molecule has 1 aromatic carbocycles. The van der Waals surface area contributed by atoms with Crippen LogP contribution in [-0.4, -0.2) is 45.4 Å². The van der Waals surface area contributed by atoms with E-state index in [1.807, 2.05) is 60.7 Å². The third-order valence-corrected chi connectivity index (χ3v) is 4.59. The summed E-state index contributed by atoms with van der Waals surface area (Å²) in [5.74, 6) is -2.75. The molecule has 0 aliphatic rings. The Bertz CT molecular complexity index is 1090. The number of nitrogens with one attached hydrogen (secondary N) is 1. The number of benzene rings is 1. The second-order valence-electron chi connectivity index (χ2n) is 7.18. The number of anilines is 1. The molecule has 0 aliphatic carbocycles. The number of alkyl halides is 3. The van der Waals surface area contributed by atoms with Crippen molar-refractivity contribution in [1.29, 1.82) is 0 Å². The number of nitrogens with zero attached hydrogens (tertiary/aromatic N) is 2. The zero-order valence-electron chi connectivity index (χ0n) is 18.7. The molecule has 1 unspecified atom stereocenters. The Morgan fingerprint density at radius 2 is 1.71 bits per heavy atom. The van der Waals surface area contributed by atoms with Gasteiger partial charge in [-0.25, -0.2) is 9.78 Å². The second kappa shape index (κ2) is 13.0. The van der Waals surface area contributed by atoms with Gasteiger partial charge in [-0.05, 0) is 35.4 Å². The van der Waals surface area contributed by atoms with Gasteiger partial charge in [0, 0.05) is 32.0 Å². The van der Waals surface area contributed by atoms with Gasteiger partial charge in [-0.3, -0.25) is 9.78 Å². The predicted molar refractivity (Wildman–Crippen MR) is 121 cm³/mol. The maximum atomic E-state index is 10.8. The van der Waals surface area contributed by atoms with Crippen molar-refractivity contribution < 1.29 is 37.7 Å². The first-order valence-electron chi connectivity index (χ1n) is 10.3. The minimum atomic E-state index is -5.08. The lowest BCUT2D eigenvalue weighted by atomic mass is 10.0. The van der Waals surface area contributed by atoms with E-state index in [1.165, 1.54) is 0 Å². The summed E-state index contributed by atoms with van der Waals surface area (Å²) >= 11 is 0. The van der Waals surface area contributed by atoms with Crippen LogP contribution in [0.25, 0.3) is 0 Å². The molecule has 0 bridgehead atoms. The number of methoxy groups -OCH3 is 1. The quantitative estimate of drug-likeness (QED) is 0.401.